The fourth-order valence-corrected chi connectivity index (χ4v) is 3.03. The first-order chi connectivity index (χ1) is 14.0. The molecular weight excluding hydrogens is 386 g/mol. The molecule has 0 bridgehead atoms. The van der Waals surface area contributed by atoms with Crippen molar-refractivity contribution < 1.29 is 4.74 Å². The Morgan fingerprint density at radius 1 is 1.03 bits per heavy atom. The van der Waals surface area contributed by atoms with Crippen molar-refractivity contribution in [2.45, 2.75) is 6.42 Å². The number of hydrogen-bond acceptors (Lipinski definition) is 6. The molecule has 3 aromatic rings. The lowest BCUT2D eigenvalue weighted by atomic mass is 10.1. The summed E-state index contributed by atoms with van der Waals surface area (Å²) in [6.07, 6.45) is 0.997. The number of ether oxygens (including phenoxy) is 1. The van der Waals surface area contributed by atoms with Crippen LogP contribution in [0.3, 0.4) is 0 Å². The van der Waals surface area contributed by atoms with Crippen molar-refractivity contribution in [3.05, 3.63) is 59.6 Å². The molecule has 0 atom stereocenters. The number of nitrogens with zero attached hydrogens (tertiary/aromatic N) is 3. The smallest absolute Gasteiger partial charge is 0.225 e. The Hall–Kier alpha value is -2.83. The second kappa shape index (κ2) is 10.1. The van der Waals surface area contributed by atoms with E-state index in [2.05, 4.69) is 39.6 Å². The summed E-state index contributed by atoms with van der Waals surface area (Å²) in [4.78, 5) is 11.5. The minimum absolute atomic E-state index is 0.577. The van der Waals surface area contributed by atoms with Crippen LogP contribution in [0.4, 0.5) is 17.5 Å². The molecule has 0 spiro atoms. The van der Waals surface area contributed by atoms with Crippen molar-refractivity contribution >= 4 is 29.1 Å². The summed E-state index contributed by atoms with van der Waals surface area (Å²) >= 11 is 6.16. The molecule has 0 aliphatic rings. The van der Waals surface area contributed by atoms with Gasteiger partial charge in [-0.25, -0.2) is 4.98 Å². The molecule has 0 unspecified atom stereocenters. The second-order valence-corrected chi connectivity index (χ2v) is 7.32. The molecule has 0 amide bonds. The van der Waals surface area contributed by atoms with Crippen LogP contribution in [-0.2, 0) is 0 Å². The molecule has 1 heterocycles. The summed E-state index contributed by atoms with van der Waals surface area (Å²) in [6, 6.07) is 17.4. The maximum atomic E-state index is 6.16. The van der Waals surface area contributed by atoms with Crippen molar-refractivity contribution in [2.75, 3.05) is 44.9 Å². The average Bonchev–Trinajstić information content (AvgIpc) is 2.72. The molecule has 0 aliphatic heterocycles. The first-order valence-corrected chi connectivity index (χ1v) is 9.86. The van der Waals surface area contributed by atoms with Crippen LogP contribution in [0.1, 0.15) is 6.42 Å². The van der Waals surface area contributed by atoms with Crippen LogP contribution in [-0.4, -0.2) is 49.2 Å². The predicted octanol–water partition coefficient (Wildman–Crippen LogP) is 4.91. The zero-order chi connectivity index (χ0) is 20.6. The highest BCUT2D eigenvalue weighted by Gasteiger charge is 2.10. The van der Waals surface area contributed by atoms with Gasteiger partial charge < -0.3 is 20.3 Å². The van der Waals surface area contributed by atoms with E-state index in [1.165, 1.54) is 0 Å². The lowest BCUT2D eigenvalue weighted by Crippen LogP contribution is -2.17. The molecule has 29 heavy (non-hydrogen) atoms. The Morgan fingerprint density at radius 3 is 2.55 bits per heavy atom. The highest BCUT2D eigenvalue weighted by molar-refractivity contribution is 6.31. The summed E-state index contributed by atoms with van der Waals surface area (Å²) in [5, 5.41) is 7.26. The number of methoxy groups -OCH3 is 1. The van der Waals surface area contributed by atoms with Gasteiger partial charge in [-0.05, 0) is 45.3 Å². The zero-order valence-electron chi connectivity index (χ0n) is 16.9. The standard InChI is InChI=1S/C22H26ClN5O/c1-28(2)13-7-12-24-22-26-18(16-8-5-4-6-9-16)15-21(27-22)25-19-14-17(23)10-11-20(19)29-3/h4-6,8-11,14-15H,7,12-13H2,1-3H3,(H2,24,25,26,27). The lowest BCUT2D eigenvalue weighted by Gasteiger charge is -2.14. The number of nitrogens with one attached hydrogen (secondary N) is 2. The Balaban J connectivity index is 1.89. The van der Waals surface area contributed by atoms with Gasteiger partial charge in [0.25, 0.3) is 0 Å². The third-order valence-electron chi connectivity index (χ3n) is 4.29. The number of benzene rings is 2. The molecule has 1 aromatic heterocycles. The van der Waals surface area contributed by atoms with Crippen molar-refractivity contribution in [2.24, 2.45) is 0 Å². The quantitative estimate of drug-likeness (QED) is 0.487. The first kappa shape index (κ1) is 20.9. The molecule has 0 aliphatic carbocycles. The summed E-state index contributed by atoms with van der Waals surface area (Å²) in [6.45, 7) is 1.78. The van der Waals surface area contributed by atoms with Crippen LogP contribution in [0.25, 0.3) is 11.3 Å². The minimum atomic E-state index is 0.577. The largest absolute Gasteiger partial charge is 0.495 e. The molecule has 2 aromatic carbocycles. The molecule has 0 saturated carbocycles. The van der Waals surface area contributed by atoms with E-state index in [9.17, 15) is 0 Å². The molecule has 2 N–H and O–H groups in total. The molecule has 7 heteroatoms. The van der Waals surface area contributed by atoms with Crippen LogP contribution in [0.5, 0.6) is 5.75 Å². The topological polar surface area (TPSA) is 62.3 Å². The van der Waals surface area contributed by atoms with Crippen LogP contribution in [0, 0.1) is 0 Å². The van der Waals surface area contributed by atoms with Crippen LogP contribution < -0.4 is 15.4 Å². The second-order valence-electron chi connectivity index (χ2n) is 6.88. The monoisotopic (exact) mass is 411 g/mol. The van der Waals surface area contributed by atoms with E-state index in [0.29, 0.717) is 22.5 Å². The van der Waals surface area contributed by atoms with E-state index in [4.69, 9.17) is 16.3 Å². The third-order valence-corrected chi connectivity index (χ3v) is 4.52. The van der Waals surface area contributed by atoms with Gasteiger partial charge in [-0.2, -0.15) is 4.98 Å². The molecule has 152 valence electrons. The summed E-state index contributed by atoms with van der Waals surface area (Å²) in [5.74, 6) is 1.93. The van der Waals surface area contributed by atoms with E-state index in [1.54, 1.807) is 13.2 Å². The maximum Gasteiger partial charge on any atom is 0.225 e. The molecule has 0 radical (unpaired) electrons. The summed E-state index contributed by atoms with van der Waals surface area (Å²) < 4.78 is 5.43. The predicted molar refractivity (Wildman–Crippen MR) is 120 cm³/mol. The number of anilines is 3. The van der Waals surface area contributed by atoms with Gasteiger partial charge in [-0.3, -0.25) is 0 Å². The van der Waals surface area contributed by atoms with E-state index < -0.39 is 0 Å². The van der Waals surface area contributed by atoms with Gasteiger partial charge in [-0.15, -0.1) is 0 Å². The van der Waals surface area contributed by atoms with Gasteiger partial charge >= 0.3 is 0 Å². The lowest BCUT2D eigenvalue weighted by molar-refractivity contribution is 0.405. The Labute approximate surface area is 176 Å². The van der Waals surface area contributed by atoms with Gasteiger partial charge in [0.05, 0.1) is 18.5 Å². The Kier molecular flexibility index (Phi) is 7.27. The summed E-state index contributed by atoms with van der Waals surface area (Å²) in [5.41, 5.74) is 2.60. The minimum Gasteiger partial charge on any atom is -0.495 e. The number of aromatic nitrogens is 2. The van der Waals surface area contributed by atoms with Crippen molar-refractivity contribution in [3.8, 4) is 17.0 Å². The van der Waals surface area contributed by atoms with E-state index in [-0.39, 0.29) is 0 Å². The van der Waals surface area contributed by atoms with Crippen molar-refractivity contribution in [1.82, 2.24) is 14.9 Å². The van der Waals surface area contributed by atoms with E-state index in [0.717, 1.165) is 36.5 Å². The average molecular weight is 412 g/mol. The Bertz CT molecular complexity index is 934. The Morgan fingerprint density at radius 2 is 1.83 bits per heavy atom. The van der Waals surface area contributed by atoms with Gasteiger partial charge in [0, 0.05) is 23.2 Å². The number of halogens is 1. The number of rotatable bonds is 9. The maximum absolute atomic E-state index is 6.16. The fourth-order valence-electron chi connectivity index (χ4n) is 2.86. The fraction of sp³-hybridized carbons (Fsp3) is 0.273. The van der Waals surface area contributed by atoms with Crippen LogP contribution in [0.2, 0.25) is 5.02 Å². The first-order valence-electron chi connectivity index (χ1n) is 9.49. The van der Waals surface area contributed by atoms with Gasteiger partial charge in [-0.1, -0.05) is 41.9 Å². The van der Waals surface area contributed by atoms with Crippen molar-refractivity contribution in [1.29, 1.82) is 0 Å². The highest BCUT2D eigenvalue weighted by atomic mass is 35.5. The zero-order valence-corrected chi connectivity index (χ0v) is 17.7. The van der Waals surface area contributed by atoms with E-state index in [1.807, 2.05) is 48.5 Å². The van der Waals surface area contributed by atoms with Crippen LogP contribution >= 0.6 is 11.6 Å². The van der Waals surface area contributed by atoms with Crippen LogP contribution in [0.15, 0.2) is 54.6 Å². The van der Waals surface area contributed by atoms with Gasteiger partial charge in [0.15, 0.2) is 0 Å². The molecular formula is C22H26ClN5O. The third kappa shape index (κ3) is 6.07. The number of hydrogen-bond donors (Lipinski definition) is 2. The molecule has 3 rings (SSSR count). The molecule has 0 saturated heterocycles. The normalized spacial score (nSPS) is 10.8. The highest BCUT2D eigenvalue weighted by Crippen LogP contribution is 2.31. The molecule has 6 nitrogen and oxygen atoms in total. The van der Waals surface area contributed by atoms with Gasteiger partial charge in [0.1, 0.15) is 11.6 Å². The van der Waals surface area contributed by atoms with Crippen molar-refractivity contribution in [3.63, 3.8) is 0 Å². The van der Waals surface area contributed by atoms with E-state index >= 15 is 0 Å². The SMILES string of the molecule is COc1ccc(Cl)cc1Nc1cc(-c2ccccc2)nc(NCCCN(C)C)n1. The summed E-state index contributed by atoms with van der Waals surface area (Å²) in [7, 11) is 5.75. The van der Waals surface area contributed by atoms with Gasteiger partial charge in [0.2, 0.25) is 5.95 Å². The molecule has 0 fully saturated rings.